The van der Waals surface area contributed by atoms with Gasteiger partial charge in [-0.1, -0.05) is 94.8 Å². The molecule has 0 spiro atoms. The van der Waals surface area contributed by atoms with Gasteiger partial charge in [0.2, 0.25) is 0 Å². The molecule has 1 aliphatic rings. The zero-order chi connectivity index (χ0) is 19.5. The lowest BCUT2D eigenvalue weighted by Gasteiger charge is -2.48. The maximum absolute atomic E-state index is 10.2. The van der Waals surface area contributed by atoms with Gasteiger partial charge >= 0.3 is 0 Å². The molecule has 1 fully saturated rings. The van der Waals surface area contributed by atoms with Crippen LogP contribution >= 0.6 is 0 Å². The van der Waals surface area contributed by atoms with Crippen molar-refractivity contribution in [2.24, 2.45) is 5.92 Å². The lowest BCUT2D eigenvalue weighted by Crippen LogP contribution is -2.68. The predicted molar refractivity (Wildman–Crippen MR) is 116 cm³/mol. The molecule has 0 saturated heterocycles. The molecule has 2 aromatic carbocycles. The summed E-state index contributed by atoms with van der Waals surface area (Å²) in [5.41, 5.74) is 0. The Balaban J connectivity index is 2.12. The van der Waals surface area contributed by atoms with E-state index in [1.54, 1.807) is 0 Å². The predicted octanol–water partition coefficient (Wildman–Crippen LogP) is 4.50. The minimum atomic E-state index is -2.50. The Morgan fingerprint density at radius 3 is 1.89 bits per heavy atom. The maximum atomic E-state index is 10.2. The van der Waals surface area contributed by atoms with Gasteiger partial charge in [0.15, 0.2) is 0 Å². The summed E-state index contributed by atoms with van der Waals surface area (Å²) in [4.78, 5) is 0. The molecule has 27 heavy (non-hydrogen) atoms. The quantitative estimate of drug-likeness (QED) is 0.772. The van der Waals surface area contributed by atoms with Gasteiger partial charge in [-0.15, -0.1) is 0 Å². The molecule has 0 unspecified atom stereocenters. The van der Waals surface area contributed by atoms with Crippen LogP contribution in [0.5, 0.6) is 0 Å². The molecule has 3 rings (SSSR count). The Hall–Kier alpha value is -1.42. The average molecular weight is 383 g/mol. The van der Waals surface area contributed by atoms with Gasteiger partial charge in [-0.3, -0.25) is 0 Å². The zero-order valence-corrected chi connectivity index (χ0v) is 18.2. The summed E-state index contributed by atoms with van der Waals surface area (Å²) < 4.78 is 7.30. The van der Waals surface area contributed by atoms with Gasteiger partial charge in [0, 0.05) is 6.10 Å². The van der Waals surface area contributed by atoms with Crippen molar-refractivity contribution in [3.63, 3.8) is 0 Å². The van der Waals surface area contributed by atoms with Crippen molar-refractivity contribution in [1.82, 2.24) is 0 Å². The average Bonchev–Trinajstić information content (AvgIpc) is 2.67. The standard InChI is InChI=1S/C24H34O2Si/c1-5-19-18-20(25)16-17-23(19)26-27(24(2,3)4,21-12-8-6-9-13-21)22-14-10-7-11-15-22/h6-15,19-20,23,25H,5,16-18H2,1-4H3/t19-,20-,23-/m1/s1. The first-order valence-electron chi connectivity index (χ1n) is 10.4. The third-order valence-electron chi connectivity index (χ3n) is 6.15. The molecule has 1 saturated carbocycles. The summed E-state index contributed by atoms with van der Waals surface area (Å²) in [5, 5.41) is 12.9. The Bertz CT molecular complexity index is 669. The third kappa shape index (κ3) is 4.06. The lowest BCUT2D eigenvalue weighted by molar-refractivity contribution is 0.0143. The smallest absolute Gasteiger partial charge is 0.261 e. The molecule has 1 N–H and O–H groups in total. The highest BCUT2D eigenvalue weighted by Gasteiger charge is 2.52. The van der Waals surface area contributed by atoms with E-state index in [-0.39, 0.29) is 17.2 Å². The fraction of sp³-hybridized carbons (Fsp3) is 0.500. The highest BCUT2D eigenvalue weighted by atomic mass is 28.4. The molecule has 2 aromatic rings. The van der Waals surface area contributed by atoms with Gasteiger partial charge in [-0.25, -0.2) is 0 Å². The van der Waals surface area contributed by atoms with Crippen molar-refractivity contribution in [1.29, 1.82) is 0 Å². The monoisotopic (exact) mass is 382 g/mol. The van der Waals surface area contributed by atoms with Crippen LogP contribution in [0, 0.1) is 5.92 Å². The summed E-state index contributed by atoms with van der Waals surface area (Å²) in [6, 6.07) is 21.7. The van der Waals surface area contributed by atoms with Crippen molar-refractivity contribution >= 4 is 18.7 Å². The summed E-state index contributed by atoms with van der Waals surface area (Å²) >= 11 is 0. The first-order valence-corrected chi connectivity index (χ1v) is 12.3. The molecular formula is C24H34O2Si. The van der Waals surface area contributed by atoms with Crippen molar-refractivity contribution in [2.75, 3.05) is 0 Å². The van der Waals surface area contributed by atoms with Crippen LogP contribution in [0.25, 0.3) is 0 Å². The van der Waals surface area contributed by atoms with Crippen molar-refractivity contribution in [3.8, 4) is 0 Å². The van der Waals surface area contributed by atoms with Crippen molar-refractivity contribution in [2.45, 2.75) is 70.6 Å². The summed E-state index contributed by atoms with van der Waals surface area (Å²) in [6.45, 7) is 9.22. The van der Waals surface area contributed by atoms with Crippen LogP contribution in [0.2, 0.25) is 5.04 Å². The minimum absolute atomic E-state index is 0.00403. The molecule has 0 aromatic heterocycles. The lowest BCUT2D eigenvalue weighted by atomic mass is 9.83. The fourth-order valence-electron chi connectivity index (χ4n) is 4.71. The van der Waals surface area contributed by atoms with Crippen molar-refractivity contribution in [3.05, 3.63) is 60.7 Å². The SMILES string of the molecule is CC[C@@H]1C[C@H](O)CC[C@H]1O[Si](c1ccccc1)(c1ccccc1)C(C)(C)C. The molecule has 0 bridgehead atoms. The van der Waals surface area contributed by atoms with E-state index in [1.807, 2.05) is 0 Å². The number of benzene rings is 2. The molecule has 0 amide bonds. The Labute approximate surface area is 165 Å². The van der Waals surface area contributed by atoms with Crippen LogP contribution in [0.4, 0.5) is 0 Å². The van der Waals surface area contributed by atoms with Gasteiger partial charge in [-0.2, -0.15) is 0 Å². The van der Waals surface area contributed by atoms with Crippen molar-refractivity contribution < 1.29 is 9.53 Å². The van der Waals surface area contributed by atoms with Crippen LogP contribution in [0.1, 0.15) is 53.4 Å². The normalized spacial score (nSPS) is 24.0. The van der Waals surface area contributed by atoms with Crippen LogP contribution in [0.15, 0.2) is 60.7 Å². The maximum Gasteiger partial charge on any atom is 0.261 e. The van der Waals surface area contributed by atoms with Crippen LogP contribution in [0.3, 0.4) is 0 Å². The zero-order valence-electron chi connectivity index (χ0n) is 17.2. The number of hydrogen-bond acceptors (Lipinski definition) is 2. The van der Waals surface area contributed by atoms with Gasteiger partial charge in [0.25, 0.3) is 8.32 Å². The van der Waals surface area contributed by atoms with Crippen LogP contribution in [-0.2, 0) is 4.43 Å². The van der Waals surface area contributed by atoms with E-state index in [4.69, 9.17) is 4.43 Å². The molecule has 0 radical (unpaired) electrons. The van der Waals surface area contributed by atoms with E-state index >= 15 is 0 Å². The second kappa shape index (κ2) is 8.30. The van der Waals surface area contributed by atoms with E-state index in [0.29, 0.717) is 5.92 Å². The summed E-state index contributed by atoms with van der Waals surface area (Å²) in [7, 11) is -2.50. The molecule has 1 aliphatic carbocycles. The summed E-state index contributed by atoms with van der Waals surface area (Å²) in [5.74, 6) is 0.426. The summed E-state index contributed by atoms with van der Waals surface area (Å²) in [6.07, 6.45) is 3.75. The topological polar surface area (TPSA) is 29.5 Å². The highest BCUT2D eigenvalue weighted by Crippen LogP contribution is 2.40. The van der Waals surface area contributed by atoms with Crippen LogP contribution in [-0.4, -0.2) is 25.6 Å². The van der Waals surface area contributed by atoms with E-state index in [9.17, 15) is 5.11 Å². The number of aliphatic hydroxyl groups excluding tert-OH is 1. The number of aliphatic hydroxyl groups is 1. The first kappa shape index (κ1) is 20.3. The largest absolute Gasteiger partial charge is 0.404 e. The Morgan fingerprint density at radius 2 is 1.44 bits per heavy atom. The van der Waals surface area contributed by atoms with E-state index in [2.05, 4.69) is 88.4 Å². The first-order chi connectivity index (χ1) is 12.9. The highest BCUT2D eigenvalue weighted by molar-refractivity contribution is 6.99. The van der Waals surface area contributed by atoms with Gasteiger partial charge in [-0.05, 0) is 40.6 Å². The molecule has 3 heteroatoms. The van der Waals surface area contributed by atoms with Gasteiger partial charge < -0.3 is 9.53 Å². The molecule has 0 heterocycles. The van der Waals surface area contributed by atoms with E-state index in [1.165, 1.54) is 10.4 Å². The second-order valence-electron chi connectivity index (χ2n) is 8.95. The number of hydrogen-bond donors (Lipinski definition) is 1. The van der Waals surface area contributed by atoms with Gasteiger partial charge in [0.05, 0.1) is 6.10 Å². The molecule has 3 atom stereocenters. The van der Waals surface area contributed by atoms with E-state index < -0.39 is 8.32 Å². The molecule has 146 valence electrons. The third-order valence-corrected chi connectivity index (χ3v) is 11.2. The van der Waals surface area contributed by atoms with Gasteiger partial charge in [0.1, 0.15) is 0 Å². The minimum Gasteiger partial charge on any atom is -0.404 e. The van der Waals surface area contributed by atoms with Crippen LogP contribution < -0.4 is 10.4 Å². The Morgan fingerprint density at radius 1 is 0.926 bits per heavy atom. The van der Waals surface area contributed by atoms with E-state index in [0.717, 1.165) is 25.7 Å². The molecule has 2 nitrogen and oxygen atoms in total. The second-order valence-corrected chi connectivity index (χ2v) is 13.2. The molecular weight excluding hydrogens is 348 g/mol. The molecule has 0 aliphatic heterocycles. The number of rotatable bonds is 5. The fourth-order valence-corrected chi connectivity index (χ4v) is 9.49. The Kier molecular flexibility index (Phi) is 6.24.